The molecule has 0 aromatic rings. The van der Waals surface area contributed by atoms with Crippen molar-refractivity contribution in [1.29, 1.82) is 0 Å². The average molecular weight is 242 g/mol. The van der Waals surface area contributed by atoms with Crippen LogP contribution in [0.2, 0.25) is 0 Å². The Morgan fingerprint density at radius 2 is 1.71 bits per heavy atom. The van der Waals surface area contributed by atoms with E-state index in [0.717, 1.165) is 25.9 Å². The Bertz CT molecular complexity index is 273. The molecule has 98 valence electrons. The van der Waals surface area contributed by atoms with Crippen LogP contribution in [0, 0.1) is 0 Å². The standard InChI is InChI=1S/C12H22N2O3/c1-9(2)17-12(16)13-10(3)11(15)14-7-5-4-6-8-14/h9-10H,4-8H2,1-3H3,(H,13,16). The lowest BCUT2D eigenvalue weighted by Crippen LogP contribution is -2.48. The third kappa shape index (κ3) is 4.63. The molecule has 1 aliphatic heterocycles. The second-order valence-corrected chi connectivity index (χ2v) is 4.71. The smallest absolute Gasteiger partial charge is 0.408 e. The summed E-state index contributed by atoms with van der Waals surface area (Å²) in [5.74, 6) is -0.0228. The molecule has 0 bridgehead atoms. The van der Waals surface area contributed by atoms with Crippen LogP contribution in [0.25, 0.3) is 0 Å². The third-order valence-corrected chi connectivity index (χ3v) is 2.72. The Morgan fingerprint density at radius 3 is 2.24 bits per heavy atom. The van der Waals surface area contributed by atoms with Gasteiger partial charge in [-0.1, -0.05) is 0 Å². The van der Waals surface area contributed by atoms with Gasteiger partial charge in [-0.2, -0.15) is 0 Å². The van der Waals surface area contributed by atoms with Crippen molar-refractivity contribution in [3.63, 3.8) is 0 Å². The Hall–Kier alpha value is -1.26. The summed E-state index contributed by atoms with van der Waals surface area (Å²) in [4.78, 5) is 25.1. The van der Waals surface area contributed by atoms with Crippen molar-refractivity contribution in [1.82, 2.24) is 10.2 Å². The van der Waals surface area contributed by atoms with Gasteiger partial charge in [0.15, 0.2) is 0 Å². The zero-order valence-electron chi connectivity index (χ0n) is 10.9. The second-order valence-electron chi connectivity index (χ2n) is 4.71. The summed E-state index contributed by atoms with van der Waals surface area (Å²) in [7, 11) is 0. The van der Waals surface area contributed by atoms with E-state index in [1.807, 2.05) is 4.90 Å². The molecule has 0 spiro atoms. The molecule has 5 heteroatoms. The maximum atomic E-state index is 12.0. The number of hydrogen-bond acceptors (Lipinski definition) is 3. The SMILES string of the molecule is CC(C)OC(=O)NC(C)C(=O)N1CCCCC1. The molecular weight excluding hydrogens is 220 g/mol. The van der Waals surface area contributed by atoms with E-state index in [-0.39, 0.29) is 12.0 Å². The summed E-state index contributed by atoms with van der Waals surface area (Å²) in [5.41, 5.74) is 0. The van der Waals surface area contributed by atoms with Crippen molar-refractivity contribution in [2.75, 3.05) is 13.1 Å². The number of nitrogens with one attached hydrogen (secondary N) is 1. The molecule has 0 radical (unpaired) electrons. The summed E-state index contributed by atoms with van der Waals surface area (Å²) in [6, 6.07) is -0.514. The summed E-state index contributed by atoms with van der Waals surface area (Å²) < 4.78 is 4.94. The molecule has 0 aromatic carbocycles. The summed E-state index contributed by atoms with van der Waals surface area (Å²) in [5, 5.41) is 2.56. The highest BCUT2D eigenvalue weighted by Gasteiger charge is 2.23. The zero-order chi connectivity index (χ0) is 12.8. The summed E-state index contributed by atoms with van der Waals surface area (Å²) >= 11 is 0. The van der Waals surface area contributed by atoms with Gasteiger partial charge in [0, 0.05) is 13.1 Å². The number of carbonyl (C=O) groups excluding carboxylic acids is 2. The van der Waals surface area contributed by atoms with Gasteiger partial charge in [-0.15, -0.1) is 0 Å². The van der Waals surface area contributed by atoms with Crippen molar-refractivity contribution in [3.8, 4) is 0 Å². The molecule has 17 heavy (non-hydrogen) atoms. The predicted octanol–water partition coefficient (Wildman–Crippen LogP) is 1.52. The van der Waals surface area contributed by atoms with Crippen molar-refractivity contribution in [2.24, 2.45) is 0 Å². The van der Waals surface area contributed by atoms with Crippen LogP contribution in [-0.4, -0.2) is 42.1 Å². The largest absolute Gasteiger partial charge is 0.447 e. The van der Waals surface area contributed by atoms with Crippen LogP contribution < -0.4 is 5.32 Å². The lowest BCUT2D eigenvalue weighted by atomic mass is 10.1. The minimum Gasteiger partial charge on any atom is -0.447 e. The van der Waals surface area contributed by atoms with E-state index in [4.69, 9.17) is 4.74 Å². The molecule has 1 unspecified atom stereocenters. The fourth-order valence-corrected chi connectivity index (χ4v) is 1.87. The van der Waals surface area contributed by atoms with Gasteiger partial charge in [0.05, 0.1) is 6.10 Å². The predicted molar refractivity (Wildman–Crippen MR) is 64.6 cm³/mol. The summed E-state index contributed by atoms with van der Waals surface area (Å²) in [6.45, 7) is 6.83. The van der Waals surface area contributed by atoms with Gasteiger partial charge in [-0.05, 0) is 40.0 Å². The van der Waals surface area contributed by atoms with E-state index in [0.29, 0.717) is 0 Å². The third-order valence-electron chi connectivity index (χ3n) is 2.72. The highest BCUT2D eigenvalue weighted by atomic mass is 16.6. The van der Waals surface area contributed by atoms with Crippen molar-refractivity contribution in [3.05, 3.63) is 0 Å². The van der Waals surface area contributed by atoms with Gasteiger partial charge in [0.2, 0.25) is 5.91 Å². The maximum Gasteiger partial charge on any atom is 0.408 e. The van der Waals surface area contributed by atoms with Crippen LogP contribution in [0.1, 0.15) is 40.0 Å². The van der Waals surface area contributed by atoms with E-state index in [2.05, 4.69) is 5.32 Å². The fraction of sp³-hybridized carbons (Fsp3) is 0.833. The Morgan fingerprint density at radius 1 is 1.12 bits per heavy atom. The zero-order valence-corrected chi connectivity index (χ0v) is 10.9. The van der Waals surface area contributed by atoms with Crippen molar-refractivity contribution in [2.45, 2.75) is 52.2 Å². The molecule has 1 heterocycles. The Balaban J connectivity index is 2.37. The van der Waals surface area contributed by atoms with Crippen LogP contribution >= 0.6 is 0 Å². The molecule has 1 aliphatic rings. The minimum absolute atomic E-state index is 0.0228. The lowest BCUT2D eigenvalue weighted by Gasteiger charge is -2.29. The number of likely N-dealkylation sites (tertiary alicyclic amines) is 1. The number of piperidine rings is 1. The first-order valence-electron chi connectivity index (χ1n) is 6.26. The molecule has 1 atom stereocenters. The number of hydrogen-bond donors (Lipinski definition) is 1. The van der Waals surface area contributed by atoms with Crippen LogP contribution in [0.15, 0.2) is 0 Å². The Kier molecular flexibility index (Phi) is 5.25. The van der Waals surface area contributed by atoms with E-state index in [1.165, 1.54) is 6.42 Å². The number of amides is 2. The highest BCUT2D eigenvalue weighted by molar-refractivity contribution is 5.85. The molecule has 0 aromatic heterocycles. The molecule has 1 N–H and O–H groups in total. The average Bonchev–Trinajstić information content (AvgIpc) is 2.28. The molecule has 1 rings (SSSR count). The molecule has 0 saturated carbocycles. The van der Waals surface area contributed by atoms with E-state index >= 15 is 0 Å². The summed E-state index contributed by atoms with van der Waals surface area (Å²) in [6.07, 6.45) is 2.58. The molecule has 1 fully saturated rings. The number of ether oxygens (including phenoxy) is 1. The van der Waals surface area contributed by atoms with Gasteiger partial charge in [0.25, 0.3) is 0 Å². The van der Waals surface area contributed by atoms with Crippen LogP contribution in [0.5, 0.6) is 0 Å². The first-order chi connectivity index (χ1) is 8.00. The van der Waals surface area contributed by atoms with E-state index < -0.39 is 12.1 Å². The minimum atomic E-state index is -0.530. The monoisotopic (exact) mass is 242 g/mol. The van der Waals surface area contributed by atoms with Gasteiger partial charge in [-0.25, -0.2) is 4.79 Å². The number of rotatable bonds is 3. The maximum absolute atomic E-state index is 12.0. The molecule has 1 saturated heterocycles. The fourth-order valence-electron chi connectivity index (χ4n) is 1.87. The Labute approximate surface area is 102 Å². The molecule has 5 nitrogen and oxygen atoms in total. The van der Waals surface area contributed by atoms with Crippen LogP contribution in [0.4, 0.5) is 4.79 Å². The lowest BCUT2D eigenvalue weighted by molar-refractivity contribution is -0.133. The number of nitrogens with zero attached hydrogens (tertiary/aromatic N) is 1. The normalized spacial score (nSPS) is 17.8. The van der Waals surface area contributed by atoms with Crippen LogP contribution in [0.3, 0.4) is 0 Å². The molecule has 0 aliphatic carbocycles. The van der Waals surface area contributed by atoms with E-state index in [1.54, 1.807) is 20.8 Å². The first-order valence-corrected chi connectivity index (χ1v) is 6.26. The van der Waals surface area contributed by atoms with Crippen molar-refractivity contribution >= 4 is 12.0 Å². The number of alkyl carbamates (subject to hydrolysis) is 1. The quantitative estimate of drug-likeness (QED) is 0.816. The molecular formula is C12H22N2O3. The van der Waals surface area contributed by atoms with Gasteiger partial charge >= 0.3 is 6.09 Å². The topological polar surface area (TPSA) is 58.6 Å². The van der Waals surface area contributed by atoms with E-state index in [9.17, 15) is 9.59 Å². The van der Waals surface area contributed by atoms with Crippen molar-refractivity contribution < 1.29 is 14.3 Å². The molecule has 2 amide bonds. The second kappa shape index (κ2) is 6.47. The highest BCUT2D eigenvalue weighted by Crippen LogP contribution is 2.10. The van der Waals surface area contributed by atoms with Gasteiger partial charge in [0.1, 0.15) is 6.04 Å². The van der Waals surface area contributed by atoms with Crippen LogP contribution in [-0.2, 0) is 9.53 Å². The first kappa shape index (κ1) is 13.8. The van der Waals surface area contributed by atoms with Gasteiger partial charge in [-0.3, -0.25) is 4.79 Å². The van der Waals surface area contributed by atoms with Gasteiger partial charge < -0.3 is 15.0 Å². The number of carbonyl (C=O) groups is 2.